The van der Waals surface area contributed by atoms with Crippen LogP contribution in [0.2, 0.25) is 0 Å². The van der Waals surface area contributed by atoms with Crippen LogP contribution in [0.25, 0.3) is 16.9 Å². The summed E-state index contributed by atoms with van der Waals surface area (Å²) < 4.78 is 1.85. The van der Waals surface area contributed by atoms with Gasteiger partial charge in [0.15, 0.2) is 5.65 Å². The number of fused-ring (bicyclic) bond motifs is 1. The quantitative estimate of drug-likeness (QED) is 0.751. The highest BCUT2D eigenvalue weighted by atomic mass is 16.1. The Morgan fingerprint density at radius 3 is 2.65 bits per heavy atom. The molecule has 3 N–H and O–H groups in total. The molecule has 3 aromatic rings. The van der Waals surface area contributed by atoms with E-state index in [9.17, 15) is 4.79 Å². The average Bonchev–Trinajstić information content (AvgIpc) is 2.96. The van der Waals surface area contributed by atoms with Crippen molar-refractivity contribution in [2.75, 3.05) is 11.9 Å². The van der Waals surface area contributed by atoms with E-state index in [1.807, 2.05) is 16.7 Å². The van der Waals surface area contributed by atoms with Crippen LogP contribution in [-0.4, -0.2) is 32.0 Å². The molecule has 0 aliphatic heterocycles. The number of imidazole rings is 1. The second-order valence-electron chi connectivity index (χ2n) is 5.70. The number of rotatable bonds is 5. The van der Waals surface area contributed by atoms with E-state index < -0.39 is 5.91 Å². The van der Waals surface area contributed by atoms with E-state index >= 15 is 0 Å². The van der Waals surface area contributed by atoms with E-state index in [2.05, 4.69) is 34.1 Å². The third kappa shape index (κ3) is 3.13. The number of nitrogens with one attached hydrogen (secondary N) is 1. The Bertz CT molecular complexity index is 837. The average molecular weight is 310 g/mol. The summed E-state index contributed by atoms with van der Waals surface area (Å²) in [7, 11) is 0. The summed E-state index contributed by atoms with van der Waals surface area (Å²) in [4.78, 5) is 24.3. The lowest BCUT2D eigenvalue weighted by atomic mass is 10.2. The molecule has 0 radical (unpaired) electrons. The fourth-order valence-electron chi connectivity index (χ4n) is 2.17. The number of hydrogen-bond donors (Lipinski definition) is 2. The molecule has 1 aromatic carbocycles. The van der Waals surface area contributed by atoms with Gasteiger partial charge in [-0.05, 0) is 30.2 Å². The lowest BCUT2D eigenvalue weighted by molar-refractivity contribution is 0.100. The first-order valence-electron chi connectivity index (χ1n) is 7.39. The highest BCUT2D eigenvalue weighted by molar-refractivity contribution is 5.93. The number of nitrogens with zero attached hydrogens (tertiary/aromatic N) is 4. The molecular formula is C16H18N6O. The molecule has 0 saturated heterocycles. The Balaban J connectivity index is 1.96. The molecule has 0 unspecified atom stereocenters. The minimum atomic E-state index is -0.450. The van der Waals surface area contributed by atoms with Crippen molar-refractivity contribution < 1.29 is 4.79 Å². The molecule has 0 aliphatic rings. The molecule has 118 valence electrons. The van der Waals surface area contributed by atoms with Crippen LogP contribution >= 0.6 is 0 Å². The molecule has 0 spiro atoms. The largest absolute Gasteiger partial charge is 0.366 e. The maximum Gasteiger partial charge on any atom is 0.248 e. The number of anilines is 1. The van der Waals surface area contributed by atoms with Gasteiger partial charge in [-0.2, -0.15) is 4.98 Å². The SMILES string of the molecule is CC(C)CNc1ncc2ncn(-c3ccc(C(N)=O)cc3)c2n1. The van der Waals surface area contributed by atoms with Crippen LogP contribution < -0.4 is 11.1 Å². The van der Waals surface area contributed by atoms with Gasteiger partial charge in [-0.25, -0.2) is 9.97 Å². The van der Waals surface area contributed by atoms with Crippen LogP contribution in [0.3, 0.4) is 0 Å². The minimum Gasteiger partial charge on any atom is -0.366 e. The fraction of sp³-hybridized carbons (Fsp3) is 0.250. The van der Waals surface area contributed by atoms with Crippen molar-refractivity contribution in [2.45, 2.75) is 13.8 Å². The first-order valence-corrected chi connectivity index (χ1v) is 7.39. The summed E-state index contributed by atoms with van der Waals surface area (Å²) in [5, 5.41) is 3.20. The van der Waals surface area contributed by atoms with Gasteiger partial charge in [-0.15, -0.1) is 0 Å². The summed E-state index contributed by atoms with van der Waals surface area (Å²) in [6.07, 6.45) is 3.38. The zero-order valence-electron chi connectivity index (χ0n) is 13.0. The van der Waals surface area contributed by atoms with E-state index in [0.29, 0.717) is 28.6 Å². The molecule has 3 rings (SSSR count). The van der Waals surface area contributed by atoms with Gasteiger partial charge in [0.25, 0.3) is 0 Å². The molecule has 23 heavy (non-hydrogen) atoms. The topological polar surface area (TPSA) is 98.7 Å². The van der Waals surface area contributed by atoms with Crippen LogP contribution in [0.4, 0.5) is 5.95 Å². The van der Waals surface area contributed by atoms with Gasteiger partial charge < -0.3 is 11.1 Å². The summed E-state index contributed by atoms with van der Waals surface area (Å²) in [6, 6.07) is 6.99. The predicted octanol–water partition coefficient (Wildman–Crippen LogP) is 1.98. The Hall–Kier alpha value is -2.96. The Labute approximate surface area is 133 Å². The second kappa shape index (κ2) is 6.04. The molecule has 0 saturated carbocycles. The maximum atomic E-state index is 11.2. The molecule has 0 atom stereocenters. The first kappa shape index (κ1) is 15.0. The van der Waals surface area contributed by atoms with Crippen molar-refractivity contribution in [3.05, 3.63) is 42.4 Å². The number of carbonyl (C=O) groups excluding carboxylic acids is 1. The fourth-order valence-corrected chi connectivity index (χ4v) is 2.17. The minimum absolute atomic E-state index is 0.450. The molecule has 2 heterocycles. The Morgan fingerprint density at radius 1 is 1.26 bits per heavy atom. The standard InChI is InChI=1S/C16H18N6O/c1-10(2)7-18-16-19-8-13-15(21-16)22(9-20-13)12-5-3-11(4-6-12)14(17)23/h3-6,8-10H,7H2,1-2H3,(H2,17,23)(H,18,19,21). The zero-order valence-corrected chi connectivity index (χ0v) is 13.0. The van der Waals surface area contributed by atoms with E-state index in [-0.39, 0.29) is 0 Å². The summed E-state index contributed by atoms with van der Waals surface area (Å²) in [5.41, 5.74) is 8.00. The molecule has 1 amide bonds. The third-order valence-corrected chi connectivity index (χ3v) is 3.39. The second-order valence-corrected chi connectivity index (χ2v) is 5.70. The van der Waals surface area contributed by atoms with Crippen LogP contribution in [0.15, 0.2) is 36.8 Å². The number of primary amides is 1. The number of nitrogens with two attached hydrogens (primary N) is 1. The van der Waals surface area contributed by atoms with Crippen molar-refractivity contribution in [3.8, 4) is 5.69 Å². The van der Waals surface area contributed by atoms with Gasteiger partial charge in [0.2, 0.25) is 11.9 Å². The van der Waals surface area contributed by atoms with Crippen molar-refractivity contribution in [1.29, 1.82) is 0 Å². The van der Waals surface area contributed by atoms with Crippen LogP contribution in [0.5, 0.6) is 0 Å². The molecule has 7 nitrogen and oxygen atoms in total. The van der Waals surface area contributed by atoms with Crippen LogP contribution in [0, 0.1) is 5.92 Å². The number of benzene rings is 1. The molecule has 2 aromatic heterocycles. The van der Waals surface area contributed by atoms with Crippen molar-refractivity contribution >= 4 is 23.0 Å². The van der Waals surface area contributed by atoms with Crippen LogP contribution in [0.1, 0.15) is 24.2 Å². The van der Waals surface area contributed by atoms with Crippen LogP contribution in [-0.2, 0) is 0 Å². The number of carbonyl (C=O) groups is 1. The molecule has 0 fully saturated rings. The van der Waals surface area contributed by atoms with E-state index in [4.69, 9.17) is 5.73 Å². The maximum absolute atomic E-state index is 11.2. The highest BCUT2D eigenvalue weighted by Crippen LogP contribution is 2.17. The van der Waals surface area contributed by atoms with Gasteiger partial charge in [-0.3, -0.25) is 9.36 Å². The third-order valence-electron chi connectivity index (χ3n) is 3.39. The smallest absolute Gasteiger partial charge is 0.248 e. The molecule has 0 aliphatic carbocycles. The normalized spacial score (nSPS) is 11.1. The number of hydrogen-bond acceptors (Lipinski definition) is 5. The lowest BCUT2D eigenvalue weighted by Crippen LogP contribution is -2.11. The van der Waals surface area contributed by atoms with Gasteiger partial charge in [0.05, 0.1) is 6.20 Å². The molecular weight excluding hydrogens is 292 g/mol. The number of amides is 1. The summed E-state index contributed by atoms with van der Waals surface area (Å²) >= 11 is 0. The molecule has 0 bridgehead atoms. The summed E-state index contributed by atoms with van der Waals surface area (Å²) in [6.45, 7) is 5.04. The lowest BCUT2D eigenvalue weighted by Gasteiger charge is -2.08. The number of aromatic nitrogens is 4. The van der Waals surface area contributed by atoms with E-state index in [1.54, 1.807) is 24.7 Å². The first-order chi connectivity index (χ1) is 11.0. The van der Waals surface area contributed by atoms with Crippen molar-refractivity contribution in [2.24, 2.45) is 11.7 Å². The zero-order chi connectivity index (χ0) is 16.4. The van der Waals surface area contributed by atoms with E-state index in [0.717, 1.165) is 12.2 Å². The Kier molecular flexibility index (Phi) is 3.92. The van der Waals surface area contributed by atoms with Gasteiger partial charge >= 0.3 is 0 Å². The monoisotopic (exact) mass is 310 g/mol. The van der Waals surface area contributed by atoms with Gasteiger partial charge in [0, 0.05) is 17.8 Å². The predicted molar refractivity (Wildman–Crippen MR) is 88.5 cm³/mol. The van der Waals surface area contributed by atoms with Crippen molar-refractivity contribution in [1.82, 2.24) is 19.5 Å². The van der Waals surface area contributed by atoms with Crippen molar-refractivity contribution in [3.63, 3.8) is 0 Å². The highest BCUT2D eigenvalue weighted by Gasteiger charge is 2.09. The van der Waals surface area contributed by atoms with Gasteiger partial charge in [0.1, 0.15) is 11.8 Å². The Morgan fingerprint density at radius 2 is 2.00 bits per heavy atom. The van der Waals surface area contributed by atoms with E-state index in [1.165, 1.54) is 0 Å². The summed E-state index contributed by atoms with van der Waals surface area (Å²) in [5.74, 6) is 0.622. The molecule has 7 heteroatoms. The van der Waals surface area contributed by atoms with Gasteiger partial charge in [-0.1, -0.05) is 13.8 Å².